The van der Waals surface area contributed by atoms with Crippen molar-refractivity contribution in [3.8, 4) is 0 Å². The van der Waals surface area contributed by atoms with E-state index >= 15 is 0 Å². The maximum atomic E-state index is 9.76. The fourth-order valence-electron chi connectivity index (χ4n) is 0.169. The highest BCUT2D eigenvalue weighted by atomic mass is 16.4. The van der Waals surface area contributed by atoms with Gasteiger partial charge in [-0.3, -0.25) is 9.59 Å². The number of carboxylic acid groups (broad SMARTS) is 1. The molecule has 0 saturated carbocycles. The van der Waals surface area contributed by atoms with Crippen molar-refractivity contribution in [2.75, 3.05) is 0 Å². The van der Waals surface area contributed by atoms with Crippen molar-refractivity contribution >= 4 is 11.8 Å². The summed E-state index contributed by atoms with van der Waals surface area (Å²) in [4.78, 5) is 19.3. The topological polar surface area (TPSA) is 54.4 Å². The molecule has 7 heavy (non-hydrogen) atoms. The highest BCUT2D eigenvalue weighted by Gasteiger charge is 1.98. The van der Waals surface area contributed by atoms with E-state index in [-0.39, 0.29) is 0 Å². The van der Waals surface area contributed by atoms with Gasteiger partial charge in [0.05, 0.1) is 0 Å². The van der Waals surface area contributed by atoms with Crippen LogP contribution in [0.5, 0.6) is 0 Å². The summed E-state index contributed by atoms with van der Waals surface area (Å²) in [5, 5.41) is 7.82. The van der Waals surface area contributed by atoms with Crippen LogP contribution in [0, 0.1) is 6.92 Å². The number of hydrogen-bond acceptors (Lipinski definition) is 2. The Kier molecular flexibility index (Phi) is 2.05. The maximum Gasteiger partial charge on any atom is 0.310 e. The molecule has 0 heterocycles. The van der Waals surface area contributed by atoms with Crippen LogP contribution in [-0.2, 0) is 9.59 Å². The molecule has 0 rings (SSSR count). The fourth-order valence-corrected chi connectivity index (χ4v) is 0.169. The number of carbonyl (C=O) groups excluding carboxylic acids is 1. The molecule has 0 aliphatic heterocycles. The van der Waals surface area contributed by atoms with Crippen LogP contribution in [0.1, 0.15) is 6.42 Å². The van der Waals surface area contributed by atoms with Gasteiger partial charge in [0.1, 0.15) is 12.2 Å². The van der Waals surface area contributed by atoms with Crippen LogP contribution in [0.25, 0.3) is 0 Å². The van der Waals surface area contributed by atoms with Gasteiger partial charge in [-0.1, -0.05) is 0 Å². The van der Waals surface area contributed by atoms with E-state index in [2.05, 4.69) is 6.92 Å². The van der Waals surface area contributed by atoms with E-state index in [1.165, 1.54) is 0 Å². The third-order valence-corrected chi connectivity index (χ3v) is 0.348. The molecule has 0 aromatic heterocycles. The monoisotopic (exact) mass is 101 g/mol. The first kappa shape index (κ1) is 6.14. The van der Waals surface area contributed by atoms with Crippen molar-refractivity contribution in [3.63, 3.8) is 0 Å². The van der Waals surface area contributed by atoms with Gasteiger partial charge in [0.2, 0.25) is 0 Å². The zero-order valence-electron chi connectivity index (χ0n) is 3.68. The number of carbonyl (C=O) groups is 2. The quantitative estimate of drug-likeness (QED) is 0.493. The average Bonchev–Trinajstić information content (AvgIpc) is 1.27. The Balaban J connectivity index is 3.32. The minimum absolute atomic E-state index is 0.472. The first-order valence-electron chi connectivity index (χ1n) is 1.69. The summed E-state index contributed by atoms with van der Waals surface area (Å²) in [6.45, 7) is 2.86. The van der Waals surface area contributed by atoms with E-state index in [9.17, 15) is 9.59 Å². The van der Waals surface area contributed by atoms with E-state index < -0.39 is 18.2 Å². The van der Waals surface area contributed by atoms with E-state index in [1.54, 1.807) is 0 Å². The van der Waals surface area contributed by atoms with E-state index in [0.717, 1.165) is 0 Å². The molecule has 39 valence electrons. The highest BCUT2D eigenvalue weighted by Crippen LogP contribution is 1.77. The third-order valence-electron chi connectivity index (χ3n) is 0.348. The van der Waals surface area contributed by atoms with Crippen LogP contribution in [0.4, 0.5) is 0 Å². The van der Waals surface area contributed by atoms with Crippen LogP contribution in [-0.4, -0.2) is 16.9 Å². The predicted molar refractivity (Wildman–Crippen MR) is 22.6 cm³/mol. The number of rotatable bonds is 2. The van der Waals surface area contributed by atoms with Gasteiger partial charge in [0.15, 0.2) is 0 Å². The summed E-state index contributed by atoms with van der Waals surface area (Å²) in [6, 6.07) is 0. The van der Waals surface area contributed by atoms with Crippen LogP contribution in [0.15, 0.2) is 0 Å². The first-order valence-corrected chi connectivity index (χ1v) is 1.69. The van der Waals surface area contributed by atoms with Gasteiger partial charge in [0, 0.05) is 6.92 Å². The van der Waals surface area contributed by atoms with Crippen molar-refractivity contribution in [2.24, 2.45) is 0 Å². The molecule has 0 aliphatic rings. The summed E-state index contributed by atoms with van der Waals surface area (Å²) in [5.41, 5.74) is 0. The van der Waals surface area contributed by atoms with Gasteiger partial charge in [-0.2, -0.15) is 0 Å². The standard InChI is InChI=1S/C4H5O3/c1-3(5)2-4(6)7/h1-2H2,(H,6,7). The molecule has 0 fully saturated rings. The molecule has 0 unspecified atom stereocenters. The second-order valence-corrected chi connectivity index (χ2v) is 1.11. The van der Waals surface area contributed by atoms with Crippen LogP contribution in [0.2, 0.25) is 0 Å². The molecule has 1 N–H and O–H groups in total. The molecule has 0 amide bonds. The Morgan fingerprint density at radius 2 is 2.00 bits per heavy atom. The lowest BCUT2D eigenvalue weighted by Gasteiger charge is -1.80. The summed E-state index contributed by atoms with van der Waals surface area (Å²) >= 11 is 0. The lowest BCUT2D eigenvalue weighted by atomic mass is 10.3. The molecule has 0 aromatic carbocycles. The second-order valence-electron chi connectivity index (χ2n) is 1.11. The molecule has 0 bridgehead atoms. The van der Waals surface area contributed by atoms with Crippen molar-refractivity contribution in [2.45, 2.75) is 6.42 Å². The normalized spacial score (nSPS) is 8.14. The lowest BCUT2D eigenvalue weighted by Crippen LogP contribution is -2.01. The lowest BCUT2D eigenvalue weighted by molar-refractivity contribution is -0.139. The van der Waals surface area contributed by atoms with Crippen molar-refractivity contribution in [1.29, 1.82) is 0 Å². The maximum absolute atomic E-state index is 9.76. The van der Waals surface area contributed by atoms with E-state index in [0.29, 0.717) is 0 Å². The molecule has 3 nitrogen and oxygen atoms in total. The Hall–Kier alpha value is -0.860. The zero-order valence-corrected chi connectivity index (χ0v) is 3.68. The Bertz CT molecular complexity index is 83.1. The number of carboxylic acids is 1. The molecular weight excluding hydrogens is 96.0 g/mol. The predicted octanol–water partition coefficient (Wildman–Crippen LogP) is -0.136. The Labute approximate surface area is 41.0 Å². The average molecular weight is 101 g/mol. The van der Waals surface area contributed by atoms with Gasteiger partial charge in [0.25, 0.3) is 0 Å². The number of aliphatic carboxylic acids is 1. The summed E-state index contributed by atoms with van der Waals surface area (Å²) in [5.74, 6) is -1.69. The number of Topliss-reactive ketones (excluding diaryl/α,β-unsaturated/α-hetero) is 1. The molecule has 0 atom stereocenters. The van der Waals surface area contributed by atoms with Gasteiger partial charge in [-0.05, 0) is 0 Å². The number of hydrogen-bond donors (Lipinski definition) is 1. The van der Waals surface area contributed by atoms with Crippen LogP contribution >= 0.6 is 0 Å². The summed E-state index contributed by atoms with van der Waals surface area (Å²) < 4.78 is 0. The van der Waals surface area contributed by atoms with Gasteiger partial charge in [-0.15, -0.1) is 0 Å². The minimum Gasteiger partial charge on any atom is -0.481 e. The van der Waals surface area contributed by atoms with Crippen molar-refractivity contribution < 1.29 is 14.7 Å². The van der Waals surface area contributed by atoms with Crippen LogP contribution in [0.3, 0.4) is 0 Å². The zero-order chi connectivity index (χ0) is 5.86. The highest BCUT2D eigenvalue weighted by molar-refractivity contribution is 5.96. The Morgan fingerprint density at radius 1 is 1.57 bits per heavy atom. The molecule has 0 saturated heterocycles. The molecule has 1 radical (unpaired) electrons. The molecule has 0 spiro atoms. The second kappa shape index (κ2) is 2.34. The third kappa shape index (κ3) is 5.14. The molecule has 0 aliphatic carbocycles. The van der Waals surface area contributed by atoms with E-state index in [4.69, 9.17) is 5.11 Å². The molecule has 3 heteroatoms. The summed E-state index contributed by atoms with van der Waals surface area (Å²) in [6.07, 6.45) is -0.472. The van der Waals surface area contributed by atoms with Crippen molar-refractivity contribution in [3.05, 3.63) is 6.92 Å². The summed E-state index contributed by atoms with van der Waals surface area (Å²) in [7, 11) is 0. The van der Waals surface area contributed by atoms with Gasteiger partial charge in [-0.25, -0.2) is 0 Å². The molecule has 0 aromatic rings. The number of ketones is 1. The van der Waals surface area contributed by atoms with Crippen molar-refractivity contribution in [1.82, 2.24) is 0 Å². The molecular formula is C4H5O3. The smallest absolute Gasteiger partial charge is 0.310 e. The fraction of sp³-hybridized carbons (Fsp3) is 0.250. The largest absolute Gasteiger partial charge is 0.481 e. The van der Waals surface area contributed by atoms with Gasteiger partial charge < -0.3 is 5.11 Å². The SMILES string of the molecule is [CH2]C(=O)CC(=O)O. The van der Waals surface area contributed by atoms with Crippen LogP contribution < -0.4 is 0 Å². The van der Waals surface area contributed by atoms with Gasteiger partial charge >= 0.3 is 5.97 Å². The van der Waals surface area contributed by atoms with E-state index in [1.807, 2.05) is 0 Å². The minimum atomic E-state index is -1.12. The first-order chi connectivity index (χ1) is 3.13. The Morgan fingerprint density at radius 3 is 2.00 bits per heavy atom.